The summed E-state index contributed by atoms with van der Waals surface area (Å²) in [5.41, 5.74) is 1.26. The van der Waals surface area contributed by atoms with E-state index in [1.807, 2.05) is 19.1 Å². The van der Waals surface area contributed by atoms with Gasteiger partial charge in [0.1, 0.15) is 5.75 Å². The molecule has 0 aromatic heterocycles. The highest BCUT2D eigenvalue weighted by molar-refractivity contribution is 5.28. The van der Waals surface area contributed by atoms with Crippen LogP contribution in [0.4, 0.5) is 0 Å². The minimum Gasteiger partial charge on any atom is -0.493 e. The van der Waals surface area contributed by atoms with Crippen molar-refractivity contribution in [1.82, 2.24) is 5.32 Å². The van der Waals surface area contributed by atoms with E-state index in [-0.39, 0.29) is 12.5 Å². The van der Waals surface area contributed by atoms with E-state index in [9.17, 15) is 0 Å². The molecule has 0 heterocycles. The molecule has 1 fully saturated rings. The van der Waals surface area contributed by atoms with Crippen LogP contribution in [0.5, 0.6) is 5.75 Å². The molecule has 0 saturated heterocycles. The first kappa shape index (κ1) is 12.4. The number of hydrogen-bond donors (Lipinski definition) is 2. The Bertz CT molecular complexity index is 350. The first-order valence-electron chi connectivity index (χ1n) is 6.34. The fourth-order valence-corrected chi connectivity index (χ4v) is 1.59. The van der Waals surface area contributed by atoms with Gasteiger partial charge in [-0.2, -0.15) is 0 Å². The minimum atomic E-state index is 0.170. The number of ether oxygens (including phenoxy) is 1. The lowest BCUT2D eigenvalue weighted by Gasteiger charge is -2.11. The molecule has 0 aliphatic heterocycles. The normalized spacial score (nSPS) is 16.8. The van der Waals surface area contributed by atoms with Crippen molar-refractivity contribution in [3.63, 3.8) is 0 Å². The van der Waals surface area contributed by atoms with E-state index < -0.39 is 0 Å². The van der Waals surface area contributed by atoms with Crippen molar-refractivity contribution in [3.05, 3.63) is 29.8 Å². The maximum absolute atomic E-state index is 8.93. The second kappa shape index (κ2) is 6.03. The average molecular weight is 235 g/mol. The predicted octanol–water partition coefficient (Wildman–Crippen LogP) is 1.95. The highest BCUT2D eigenvalue weighted by Gasteiger charge is 2.19. The van der Waals surface area contributed by atoms with Gasteiger partial charge in [0.25, 0.3) is 0 Å². The molecule has 1 atom stereocenters. The fraction of sp³-hybridized carbons (Fsp3) is 0.571. The van der Waals surface area contributed by atoms with Gasteiger partial charge in [-0.1, -0.05) is 19.1 Å². The summed E-state index contributed by atoms with van der Waals surface area (Å²) in [4.78, 5) is 0. The fourth-order valence-electron chi connectivity index (χ4n) is 1.59. The van der Waals surface area contributed by atoms with Crippen LogP contribution in [0.1, 0.15) is 25.3 Å². The summed E-state index contributed by atoms with van der Waals surface area (Å²) in [7, 11) is 0. The first-order chi connectivity index (χ1) is 8.28. The third kappa shape index (κ3) is 4.36. The number of hydrogen-bond acceptors (Lipinski definition) is 3. The third-order valence-electron chi connectivity index (χ3n) is 2.92. The number of aliphatic hydroxyl groups is 1. The average Bonchev–Trinajstić information content (AvgIpc) is 3.18. The van der Waals surface area contributed by atoms with Crippen molar-refractivity contribution >= 4 is 0 Å². The van der Waals surface area contributed by atoms with Crippen LogP contribution < -0.4 is 10.1 Å². The summed E-state index contributed by atoms with van der Waals surface area (Å²) in [5, 5.41) is 12.4. The summed E-state index contributed by atoms with van der Waals surface area (Å²) >= 11 is 0. The highest BCUT2D eigenvalue weighted by Crippen LogP contribution is 2.20. The van der Waals surface area contributed by atoms with Crippen LogP contribution in [0.3, 0.4) is 0 Å². The van der Waals surface area contributed by atoms with Gasteiger partial charge in [-0.3, -0.25) is 0 Å². The van der Waals surface area contributed by atoms with E-state index in [4.69, 9.17) is 9.84 Å². The van der Waals surface area contributed by atoms with Gasteiger partial charge in [0, 0.05) is 25.1 Å². The Morgan fingerprint density at radius 3 is 3.00 bits per heavy atom. The second-order valence-corrected chi connectivity index (χ2v) is 4.90. The van der Waals surface area contributed by atoms with Gasteiger partial charge in [-0.05, 0) is 30.5 Å². The summed E-state index contributed by atoms with van der Waals surface area (Å²) in [6.45, 7) is 3.62. The van der Waals surface area contributed by atoms with Crippen LogP contribution in [0, 0.1) is 5.92 Å². The highest BCUT2D eigenvalue weighted by atomic mass is 16.5. The number of nitrogens with one attached hydrogen (secondary N) is 1. The maximum Gasteiger partial charge on any atom is 0.119 e. The van der Waals surface area contributed by atoms with E-state index >= 15 is 0 Å². The van der Waals surface area contributed by atoms with E-state index in [0.29, 0.717) is 6.61 Å². The molecule has 0 radical (unpaired) electrons. The van der Waals surface area contributed by atoms with Gasteiger partial charge in [0.05, 0.1) is 6.61 Å². The van der Waals surface area contributed by atoms with E-state index in [1.165, 1.54) is 18.4 Å². The van der Waals surface area contributed by atoms with Crippen LogP contribution in [0.15, 0.2) is 24.3 Å². The molecule has 1 saturated carbocycles. The van der Waals surface area contributed by atoms with Crippen LogP contribution in [0.25, 0.3) is 0 Å². The van der Waals surface area contributed by atoms with Gasteiger partial charge in [-0.15, -0.1) is 0 Å². The Morgan fingerprint density at radius 2 is 2.29 bits per heavy atom. The number of aliphatic hydroxyl groups excluding tert-OH is 1. The zero-order valence-electron chi connectivity index (χ0n) is 10.4. The molecule has 1 aliphatic carbocycles. The number of rotatable bonds is 7. The van der Waals surface area contributed by atoms with Crippen LogP contribution >= 0.6 is 0 Å². The lowest BCUT2D eigenvalue weighted by atomic mass is 10.2. The van der Waals surface area contributed by atoms with E-state index in [1.54, 1.807) is 0 Å². The monoisotopic (exact) mass is 235 g/mol. The molecule has 1 aromatic carbocycles. The quantitative estimate of drug-likeness (QED) is 0.759. The van der Waals surface area contributed by atoms with Crippen molar-refractivity contribution in [1.29, 1.82) is 0 Å². The molecule has 1 aromatic rings. The molecular weight excluding hydrogens is 214 g/mol. The zero-order chi connectivity index (χ0) is 12.1. The molecule has 3 nitrogen and oxygen atoms in total. The molecule has 0 amide bonds. The van der Waals surface area contributed by atoms with Gasteiger partial charge in [-0.25, -0.2) is 0 Å². The zero-order valence-corrected chi connectivity index (χ0v) is 10.4. The topological polar surface area (TPSA) is 41.5 Å². The molecule has 94 valence electrons. The molecule has 1 unspecified atom stereocenters. The third-order valence-corrected chi connectivity index (χ3v) is 2.92. The summed E-state index contributed by atoms with van der Waals surface area (Å²) in [5.74, 6) is 1.07. The molecule has 2 rings (SSSR count). The molecule has 2 N–H and O–H groups in total. The predicted molar refractivity (Wildman–Crippen MR) is 68.0 cm³/mol. The first-order valence-corrected chi connectivity index (χ1v) is 6.34. The van der Waals surface area contributed by atoms with Gasteiger partial charge in [0.15, 0.2) is 0 Å². The smallest absolute Gasteiger partial charge is 0.119 e. The van der Waals surface area contributed by atoms with Crippen molar-refractivity contribution in [2.24, 2.45) is 5.92 Å². The van der Waals surface area contributed by atoms with Crippen LogP contribution in [-0.2, 0) is 6.54 Å². The molecular formula is C14H21NO2. The number of benzene rings is 1. The Labute approximate surface area is 103 Å². The Morgan fingerprint density at radius 1 is 1.47 bits per heavy atom. The molecule has 17 heavy (non-hydrogen) atoms. The van der Waals surface area contributed by atoms with E-state index in [0.717, 1.165) is 18.3 Å². The van der Waals surface area contributed by atoms with Crippen molar-refractivity contribution in [2.75, 3.05) is 13.2 Å². The Kier molecular flexibility index (Phi) is 4.40. The SMILES string of the molecule is CC(CO)COc1cccc(CNC2CC2)c1. The lowest BCUT2D eigenvalue weighted by molar-refractivity contribution is 0.174. The van der Waals surface area contributed by atoms with Gasteiger partial charge < -0.3 is 15.2 Å². The summed E-state index contributed by atoms with van der Waals surface area (Å²) in [6, 6.07) is 8.89. The van der Waals surface area contributed by atoms with Crippen LogP contribution in [0.2, 0.25) is 0 Å². The molecule has 3 heteroatoms. The second-order valence-electron chi connectivity index (χ2n) is 4.90. The van der Waals surface area contributed by atoms with Gasteiger partial charge in [0.2, 0.25) is 0 Å². The maximum atomic E-state index is 8.93. The standard InChI is InChI=1S/C14H21NO2/c1-11(9-16)10-17-14-4-2-3-12(7-14)8-15-13-5-6-13/h2-4,7,11,13,15-16H,5-6,8-10H2,1H3. The van der Waals surface area contributed by atoms with Crippen molar-refractivity contribution in [2.45, 2.75) is 32.4 Å². The molecule has 0 spiro atoms. The minimum absolute atomic E-state index is 0.170. The summed E-state index contributed by atoms with van der Waals surface area (Å²) in [6.07, 6.45) is 2.62. The van der Waals surface area contributed by atoms with Gasteiger partial charge >= 0.3 is 0 Å². The van der Waals surface area contributed by atoms with E-state index in [2.05, 4.69) is 17.4 Å². The molecule has 1 aliphatic rings. The van der Waals surface area contributed by atoms with Crippen molar-refractivity contribution in [3.8, 4) is 5.75 Å². The Hall–Kier alpha value is -1.06. The summed E-state index contributed by atoms with van der Waals surface area (Å²) < 4.78 is 5.63. The van der Waals surface area contributed by atoms with Crippen molar-refractivity contribution < 1.29 is 9.84 Å². The van der Waals surface area contributed by atoms with Crippen LogP contribution in [-0.4, -0.2) is 24.4 Å². The lowest BCUT2D eigenvalue weighted by Crippen LogP contribution is -2.15. The largest absolute Gasteiger partial charge is 0.493 e. The molecule has 0 bridgehead atoms. The Balaban J connectivity index is 1.82.